The van der Waals surface area contributed by atoms with Crippen LogP contribution >= 0.6 is 0 Å². The molecule has 0 atom stereocenters. The molecule has 0 saturated carbocycles. The van der Waals surface area contributed by atoms with Crippen LogP contribution in [-0.4, -0.2) is 20.7 Å². The minimum Gasteiger partial charge on any atom is -0.342 e. The third kappa shape index (κ3) is 7.27. The highest BCUT2D eigenvalue weighted by molar-refractivity contribution is 6.58. The number of nitrogens with zero attached hydrogens (tertiary/aromatic N) is 1. The van der Waals surface area contributed by atoms with E-state index in [9.17, 15) is 0 Å². The van der Waals surface area contributed by atoms with Crippen molar-refractivity contribution in [1.82, 2.24) is 0 Å². The van der Waals surface area contributed by atoms with Crippen molar-refractivity contribution in [3.8, 4) is 0 Å². The van der Waals surface area contributed by atoms with Crippen LogP contribution in [0.2, 0.25) is 15.8 Å². The number of hydrogen-bond acceptors (Lipinski definition) is 1. The molecule has 25 heavy (non-hydrogen) atoms. The zero-order chi connectivity index (χ0) is 18.1. The van der Waals surface area contributed by atoms with Gasteiger partial charge in [-0.2, -0.15) is 0 Å². The Morgan fingerprint density at radius 2 is 1.16 bits per heavy atom. The van der Waals surface area contributed by atoms with Crippen LogP contribution in [0.15, 0.2) is 60.7 Å². The molecule has 0 bridgehead atoms. The summed E-state index contributed by atoms with van der Waals surface area (Å²) in [5.74, 6) is 1.71. The van der Waals surface area contributed by atoms with E-state index in [4.69, 9.17) is 0 Å². The summed E-state index contributed by atoms with van der Waals surface area (Å²) in [6.45, 7) is 10.7. The Morgan fingerprint density at radius 1 is 0.720 bits per heavy atom. The fourth-order valence-electron chi connectivity index (χ4n) is 3.83. The maximum absolute atomic E-state index is 2.48. The Morgan fingerprint density at radius 3 is 1.56 bits per heavy atom. The van der Waals surface area contributed by atoms with Crippen molar-refractivity contribution in [3.05, 3.63) is 60.7 Å². The molecule has 2 aromatic carbocycles. The van der Waals surface area contributed by atoms with Crippen molar-refractivity contribution >= 4 is 25.5 Å². The van der Waals surface area contributed by atoms with Gasteiger partial charge in [0.2, 0.25) is 0 Å². The summed E-state index contributed by atoms with van der Waals surface area (Å²) >= 11 is -0.623. The molecule has 134 valence electrons. The minimum atomic E-state index is -0.623. The van der Waals surface area contributed by atoms with Gasteiger partial charge in [-0.1, -0.05) is 91.8 Å². The summed E-state index contributed by atoms with van der Waals surface area (Å²) in [6.07, 6.45) is 1.31. The standard InChI is InChI=1S/C15H16N.2C4H9.Al/c1-2-13-16(14-9-5-3-6-10-14)15-11-7-4-8-12-15;2*1-4(2)3;/h3-12H,1-2,13H2;2*4H,1H2,2-3H3;. The molecule has 2 rings (SSSR count). The molecule has 2 aromatic rings. The molecule has 0 aliphatic rings. The van der Waals surface area contributed by atoms with E-state index in [0.29, 0.717) is 0 Å². The van der Waals surface area contributed by atoms with Gasteiger partial charge in [0.05, 0.1) is 0 Å². The maximum Gasteiger partial charge on any atom is 0.262 e. The number of rotatable bonds is 10. The fourth-order valence-corrected chi connectivity index (χ4v) is 7.92. The largest absolute Gasteiger partial charge is 0.342 e. The van der Waals surface area contributed by atoms with Gasteiger partial charge in [-0.25, -0.2) is 0 Å². The second-order valence-electron chi connectivity index (χ2n) is 8.09. The molecule has 0 aliphatic carbocycles. The van der Waals surface area contributed by atoms with Gasteiger partial charge in [0, 0.05) is 17.9 Å². The zero-order valence-corrected chi connectivity index (χ0v) is 17.6. The maximum atomic E-state index is 2.48. The van der Waals surface area contributed by atoms with Crippen molar-refractivity contribution in [3.63, 3.8) is 0 Å². The summed E-state index contributed by atoms with van der Waals surface area (Å²) in [5.41, 5.74) is 2.61. The number of hydrogen-bond donors (Lipinski definition) is 0. The summed E-state index contributed by atoms with van der Waals surface area (Å²) < 4.78 is 0. The average molecular weight is 352 g/mol. The molecule has 0 aromatic heterocycles. The monoisotopic (exact) mass is 351 g/mol. The first-order valence-corrected chi connectivity index (χ1v) is 12.4. The molecular weight excluding hydrogens is 317 g/mol. The number of benzene rings is 2. The van der Waals surface area contributed by atoms with Crippen molar-refractivity contribution in [2.24, 2.45) is 11.8 Å². The Hall–Kier alpha value is -1.23. The molecule has 0 amide bonds. The van der Waals surface area contributed by atoms with Gasteiger partial charge in [-0.05, 0) is 30.7 Å². The Bertz CT molecular complexity index is 530. The van der Waals surface area contributed by atoms with Crippen LogP contribution in [0.25, 0.3) is 0 Å². The molecule has 0 aliphatic heterocycles. The first kappa shape index (κ1) is 20.1. The SMILES string of the molecule is CC(C)[CH2][Al]([CH2]CCN(c1ccccc1)c1ccccc1)[CH2]C(C)C. The van der Waals surface area contributed by atoms with E-state index in [1.165, 1.54) is 33.6 Å². The van der Waals surface area contributed by atoms with Crippen LogP contribution in [0, 0.1) is 11.8 Å². The molecule has 0 fully saturated rings. The topological polar surface area (TPSA) is 3.24 Å². The molecule has 0 spiro atoms. The normalized spacial score (nSPS) is 11.1. The lowest BCUT2D eigenvalue weighted by atomic mass is 10.2. The van der Waals surface area contributed by atoms with E-state index in [0.717, 1.165) is 18.4 Å². The first-order valence-electron chi connectivity index (χ1n) is 9.94. The van der Waals surface area contributed by atoms with E-state index < -0.39 is 14.1 Å². The number of para-hydroxylation sites is 2. The molecule has 0 unspecified atom stereocenters. The summed E-state index contributed by atoms with van der Waals surface area (Å²) in [4.78, 5) is 2.48. The van der Waals surface area contributed by atoms with Gasteiger partial charge in [0.1, 0.15) is 0 Å². The van der Waals surface area contributed by atoms with Crippen LogP contribution < -0.4 is 4.90 Å². The highest BCUT2D eigenvalue weighted by Gasteiger charge is 2.20. The molecule has 0 heterocycles. The molecule has 0 N–H and O–H groups in total. The summed E-state index contributed by atoms with van der Waals surface area (Å²) in [5, 5.41) is 4.45. The van der Waals surface area contributed by atoms with Crippen molar-refractivity contribution in [1.29, 1.82) is 0 Å². The van der Waals surface area contributed by atoms with E-state index >= 15 is 0 Å². The zero-order valence-electron chi connectivity index (χ0n) is 16.5. The van der Waals surface area contributed by atoms with Gasteiger partial charge in [0.25, 0.3) is 14.1 Å². The Kier molecular flexibility index (Phi) is 8.59. The highest BCUT2D eigenvalue weighted by Crippen LogP contribution is 2.26. The van der Waals surface area contributed by atoms with Gasteiger partial charge < -0.3 is 4.90 Å². The van der Waals surface area contributed by atoms with Gasteiger partial charge in [-0.3, -0.25) is 0 Å². The predicted octanol–water partition coefficient (Wildman–Crippen LogP) is 7.02. The van der Waals surface area contributed by atoms with Crippen LogP contribution in [0.1, 0.15) is 34.1 Å². The fraction of sp³-hybridized carbons (Fsp3) is 0.478. The highest BCUT2D eigenvalue weighted by atomic mass is 27.2. The lowest BCUT2D eigenvalue weighted by Gasteiger charge is -2.26. The third-order valence-electron chi connectivity index (χ3n) is 4.74. The molecule has 0 radical (unpaired) electrons. The first-order chi connectivity index (χ1) is 12.1. The lowest BCUT2D eigenvalue weighted by molar-refractivity contribution is 0.683. The predicted molar refractivity (Wildman–Crippen MR) is 114 cm³/mol. The van der Waals surface area contributed by atoms with E-state index in [1.54, 1.807) is 0 Å². The Labute approximate surface area is 159 Å². The van der Waals surface area contributed by atoms with Crippen LogP contribution in [-0.2, 0) is 0 Å². The smallest absolute Gasteiger partial charge is 0.262 e. The van der Waals surface area contributed by atoms with E-state index in [1.807, 2.05) is 0 Å². The van der Waals surface area contributed by atoms with Crippen LogP contribution in [0.4, 0.5) is 11.4 Å². The molecular formula is C23H34AlN. The van der Waals surface area contributed by atoms with E-state index in [2.05, 4.69) is 93.3 Å². The number of anilines is 2. The second-order valence-corrected chi connectivity index (χ2v) is 11.3. The summed E-state index contributed by atoms with van der Waals surface area (Å²) in [6, 6.07) is 21.7. The van der Waals surface area contributed by atoms with Gasteiger partial charge in [0.15, 0.2) is 0 Å². The van der Waals surface area contributed by atoms with Gasteiger partial charge in [-0.15, -0.1) is 0 Å². The second kappa shape index (κ2) is 10.7. The van der Waals surface area contributed by atoms with Crippen LogP contribution in [0.5, 0.6) is 0 Å². The van der Waals surface area contributed by atoms with Crippen molar-refractivity contribution in [2.45, 2.75) is 50.0 Å². The molecule has 0 saturated heterocycles. The van der Waals surface area contributed by atoms with Crippen LogP contribution in [0.3, 0.4) is 0 Å². The van der Waals surface area contributed by atoms with Crippen molar-refractivity contribution in [2.75, 3.05) is 11.4 Å². The Balaban J connectivity index is 2.02. The average Bonchev–Trinajstić information content (AvgIpc) is 2.59. The van der Waals surface area contributed by atoms with Gasteiger partial charge >= 0.3 is 0 Å². The summed E-state index contributed by atoms with van der Waals surface area (Å²) in [7, 11) is 0. The van der Waals surface area contributed by atoms with Crippen molar-refractivity contribution < 1.29 is 0 Å². The molecule has 2 heteroatoms. The quantitative estimate of drug-likeness (QED) is 0.416. The molecule has 1 nitrogen and oxygen atoms in total. The lowest BCUT2D eigenvalue weighted by Crippen LogP contribution is -2.22. The van der Waals surface area contributed by atoms with E-state index in [-0.39, 0.29) is 0 Å². The minimum absolute atomic E-state index is 0.623. The third-order valence-corrected chi connectivity index (χ3v) is 9.18.